The Labute approximate surface area is 229 Å². The van der Waals surface area contributed by atoms with Crippen molar-refractivity contribution in [2.75, 3.05) is 38.1 Å². The fourth-order valence-corrected chi connectivity index (χ4v) is 4.92. The zero-order valence-electron chi connectivity index (χ0n) is 22.5. The normalized spacial score (nSPS) is 21.2. The minimum Gasteiger partial charge on any atom is -0.491 e. The number of rotatable bonds is 4. The van der Waals surface area contributed by atoms with Gasteiger partial charge in [0.05, 0.1) is 23.6 Å². The van der Waals surface area contributed by atoms with E-state index in [4.69, 9.17) is 4.74 Å². The number of carbonyl (C=O) groups excluding carboxylic acids is 3. The van der Waals surface area contributed by atoms with Crippen molar-refractivity contribution in [3.8, 4) is 5.75 Å². The molecule has 2 aromatic rings. The molecule has 8 nitrogen and oxygen atoms in total. The Bertz CT molecular complexity index is 1190. The molecule has 2 aliphatic heterocycles. The first-order valence-electron chi connectivity index (χ1n) is 13.5. The van der Waals surface area contributed by atoms with Crippen LogP contribution in [0.3, 0.4) is 0 Å². The van der Waals surface area contributed by atoms with Crippen molar-refractivity contribution in [3.05, 3.63) is 72.1 Å². The molecule has 0 unspecified atom stereocenters. The molecule has 0 bridgehead atoms. The highest BCUT2D eigenvalue weighted by Gasteiger charge is 2.41. The molecule has 0 saturated carbocycles. The van der Waals surface area contributed by atoms with Gasteiger partial charge in [0.2, 0.25) is 11.8 Å². The van der Waals surface area contributed by atoms with E-state index in [-0.39, 0.29) is 48.7 Å². The lowest BCUT2D eigenvalue weighted by atomic mass is 9.74. The van der Waals surface area contributed by atoms with Crippen LogP contribution >= 0.6 is 0 Å². The lowest BCUT2D eigenvalue weighted by Gasteiger charge is -2.41. The highest BCUT2D eigenvalue weighted by molar-refractivity contribution is 5.97. The zero-order chi connectivity index (χ0) is 27.8. The highest BCUT2D eigenvalue weighted by atomic mass is 19.1. The van der Waals surface area contributed by atoms with Crippen molar-refractivity contribution in [2.24, 2.45) is 11.3 Å². The second-order valence-corrected chi connectivity index (χ2v) is 10.6. The Hall–Kier alpha value is -3.72. The van der Waals surface area contributed by atoms with Crippen LogP contribution in [0.1, 0.15) is 43.5 Å². The molecule has 0 radical (unpaired) electrons. The van der Waals surface area contributed by atoms with E-state index in [9.17, 15) is 18.8 Å². The van der Waals surface area contributed by atoms with Crippen molar-refractivity contribution in [1.29, 1.82) is 0 Å². The molecule has 4 rings (SSSR count). The molecule has 1 spiro atoms. The first kappa shape index (κ1) is 28.3. The Morgan fingerprint density at radius 1 is 1.10 bits per heavy atom. The molecular formula is C30H37FN4O4. The van der Waals surface area contributed by atoms with E-state index >= 15 is 0 Å². The van der Waals surface area contributed by atoms with Gasteiger partial charge in [0.15, 0.2) is 0 Å². The average molecular weight is 537 g/mol. The molecule has 2 aliphatic rings. The zero-order valence-corrected chi connectivity index (χ0v) is 22.5. The molecule has 2 aromatic carbocycles. The van der Waals surface area contributed by atoms with Crippen molar-refractivity contribution in [2.45, 2.75) is 39.2 Å². The predicted octanol–water partition coefficient (Wildman–Crippen LogP) is 3.76. The summed E-state index contributed by atoms with van der Waals surface area (Å²) in [6.07, 6.45) is 5.56. The summed E-state index contributed by atoms with van der Waals surface area (Å²) in [6, 6.07) is 12.5. The predicted molar refractivity (Wildman–Crippen MR) is 148 cm³/mol. The Morgan fingerprint density at radius 2 is 1.82 bits per heavy atom. The third-order valence-corrected chi connectivity index (χ3v) is 7.52. The van der Waals surface area contributed by atoms with Crippen molar-refractivity contribution < 1.29 is 23.5 Å². The number of likely N-dealkylation sites (tertiary alicyclic amines) is 1. The summed E-state index contributed by atoms with van der Waals surface area (Å²) in [5.41, 5.74) is 0.380. The first-order valence-corrected chi connectivity index (χ1v) is 13.5. The monoisotopic (exact) mass is 536 g/mol. The SMILES string of the molecule is CC(C)[C@@H]1COc2ccccc2C(=O)NC/C=C/CC2(CCN(CC(=O)Nc3ccc(F)cc3)CC2)C(=O)N1. The number of allylic oxidation sites excluding steroid dienone is 1. The number of carbonyl (C=O) groups is 3. The van der Waals surface area contributed by atoms with Gasteiger partial charge in [-0.2, -0.15) is 0 Å². The maximum atomic E-state index is 13.8. The van der Waals surface area contributed by atoms with Crippen LogP contribution in [0.2, 0.25) is 0 Å². The average Bonchev–Trinajstić information content (AvgIpc) is 2.92. The smallest absolute Gasteiger partial charge is 0.255 e. The lowest BCUT2D eigenvalue weighted by Crippen LogP contribution is -2.54. The van der Waals surface area contributed by atoms with Crippen LogP contribution in [0.15, 0.2) is 60.7 Å². The Kier molecular flexibility index (Phi) is 9.35. The number of hydrogen-bond acceptors (Lipinski definition) is 5. The van der Waals surface area contributed by atoms with E-state index in [1.807, 2.05) is 37.0 Å². The second kappa shape index (κ2) is 12.9. The number of nitrogens with one attached hydrogen (secondary N) is 3. The topological polar surface area (TPSA) is 99.8 Å². The van der Waals surface area contributed by atoms with Gasteiger partial charge in [-0.25, -0.2) is 4.39 Å². The van der Waals surface area contributed by atoms with Crippen LogP contribution in [0.25, 0.3) is 0 Å². The summed E-state index contributed by atoms with van der Waals surface area (Å²) in [5.74, 6) is -0.161. The lowest BCUT2D eigenvalue weighted by molar-refractivity contribution is -0.135. The van der Waals surface area contributed by atoms with Crippen LogP contribution in [0, 0.1) is 17.2 Å². The van der Waals surface area contributed by atoms with Gasteiger partial charge in [0.1, 0.15) is 18.2 Å². The van der Waals surface area contributed by atoms with E-state index in [0.717, 1.165) is 0 Å². The second-order valence-electron chi connectivity index (χ2n) is 10.6. The fourth-order valence-electron chi connectivity index (χ4n) is 4.92. The number of hydrogen-bond donors (Lipinski definition) is 3. The number of halogens is 1. The number of amides is 3. The van der Waals surface area contributed by atoms with Gasteiger partial charge in [-0.15, -0.1) is 0 Å². The molecule has 9 heteroatoms. The first-order chi connectivity index (χ1) is 18.8. The molecule has 1 atom stereocenters. The molecule has 0 aromatic heterocycles. The third kappa shape index (κ3) is 7.44. The molecule has 208 valence electrons. The van der Waals surface area contributed by atoms with Crippen LogP contribution < -0.4 is 20.7 Å². The summed E-state index contributed by atoms with van der Waals surface area (Å²) in [6.45, 7) is 6.02. The van der Waals surface area contributed by atoms with E-state index in [2.05, 4.69) is 16.0 Å². The molecule has 2 heterocycles. The minimum atomic E-state index is -0.625. The number of nitrogens with zero attached hydrogens (tertiary/aromatic N) is 1. The highest BCUT2D eigenvalue weighted by Crippen LogP contribution is 2.36. The van der Waals surface area contributed by atoms with Crippen LogP contribution in [-0.2, 0) is 9.59 Å². The van der Waals surface area contributed by atoms with Gasteiger partial charge in [-0.05, 0) is 74.7 Å². The van der Waals surface area contributed by atoms with Crippen molar-refractivity contribution in [3.63, 3.8) is 0 Å². The molecule has 0 aliphatic carbocycles. The maximum Gasteiger partial charge on any atom is 0.255 e. The fraction of sp³-hybridized carbons (Fsp3) is 0.433. The number of benzene rings is 2. The molecule has 3 amide bonds. The van der Waals surface area contributed by atoms with Gasteiger partial charge in [-0.1, -0.05) is 38.1 Å². The van der Waals surface area contributed by atoms with Crippen molar-refractivity contribution in [1.82, 2.24) is 15.5 Å². The molecule has 1 fully saturated rings. The Balaban J connectivity index is 1.44. The number of anilines is 1. The van der Waals surface area contributed by atoms with Gasteiger partial charge >= 0.3 is 0 Å². The van der Waals surface area contributed by atoms with Crippen LogP contribution in [0.5, 0.6) is 5.75 Å². The molecule has 3 N–H and O–H groups in total. The summed E-state index contributed by atoms with van der Waals surface area (Å²) in [7, 11) is 0. The van der Waals surface area contributed by atoms with Gasteiger partial charge in [-0.3, -0.25) is 19.3 Å². The van der Waals surface area contributed by atoms with Gasteiger partial charge in [0.25, 0.3) is 5.91 Å². The van der Waals surface area contributed by atoms with Gasteiger partial charge < -0.3 is 20.7 Å². The summed E-state index contributed by atoms with van der Waals surface area (Å²) >= 11 is 0. The summed E-state index contributed by atoms with van der Waals surface area (Å²) in [5, 5.41) is 8.94. The molecule has 1 saturated heterocycles. The van der Waals surface area contributed by atoms with E-state index < -0.39 is 5.41 Å². The molecular weight excluding hydrogens is 499 g/mol. The van der Waals surface area contributed by atoms with Crippen LogP contribution in [0.4, 0.5) is 10.1 Å². The van der Waals surface area contributed by atoms with E-state index in [1.54, 1.807) is 18.2 Å². The summed E-state index contributed by atoms with van der Waals surface area (Å²) < 4.78 is 19.2. The minimum absolute atomic E-state index is 0.0146. The summed E-state index contributed by atoms with van der Waals surface area (Å²) in [4.78, 5) is 41.1. The van der Waals surface area contributed by atoms with Crippen LogP contribution in [-0.4, -0.2) is 61.4 Å². The number of piperidine rings is 1. The van der Waals surface area contributed by atoms with E-state index in [0.29, 0.717) is 55.9 Å². The van der Waals surface area contributed by atoms with Gasteiger partial charge in [0, 0.05) is 12.2 Å². The number of ether oxygens (including phenoxy) is 1. The number of para-hydroxylation sites is 1. The van der Waals surface area contributed by atoms with Crippen molar-refractivity contribution >= 4 is 23.4 Å². The standard InChI is InChI=1S/C30H37FN4O4/c1-21(2)25-20-39-26-8-4-3-7-24(26)28(37)32-16-6-5-13-30(29(38)34-25)14-17-35(18-15-30)19-27(36)33-23-11-9-22(31)10-12-23/h3-12,21,25H,13-20H2,1-2H3,(H,32,37)(H,33,36)(H,34,38)/b6-5+/t25-/m0/s1. The van der Waals surface area contributed by atoms with E-state index in [1.165, 1.54) is 24.3 Å². The molecule has 39 heavy (non-hydrogen) atoms. The quantitative estimate of drug-likeness (QED) is 0.517. The Morgan fingerprint density at radius 3 is 2.54 bits per heavy atom. The maximum absolute atomic E-state index is 13.8. The largest absolute Gasteiger partial charge is 0.491 e. The third-order valence-electron chi connectivity index (χ3n) is 7.52. The number of fused-ring (bicyclic) bond motifs is 1.